The molecule has 0 saturated carbocycles. The van der Waals surface area contributed by atoms with Crippen LogP contribution in [0.1, 0.15) is 10.4 Å². The van der Waals surface area contributed by atoms with Crippen LogP contribution < -0.4 is 5.32 Å². The van der Waals surface area contributed by atoms with Gasteiger partial charge in [-0.1, -0.05) is 30.0 Å². The number of aromatic nitrogens is 1. The number of rotatable bonds is 6. The Kier molecular flexibility index (Phi) is 5.77. The molecule has 1 N–H and O–H groups in total. The minimum atomic E-state index is -0.520. The van der Waals surface area contributed by atoms with Crippen molar-refractivity contribution in [3.8, 4) is 0 Å². The normalized spacial score (nSPS) is 11.7. The van der Waals surface area contributed by atoms with E-state index in [1.54, 1.807) is 30.5 Å². The van der Waals surface area contributed by atoms with Crippen LogP contribution in [0.15, 0.2) is 46.2 Å². The van der Waals surface area contributed by atoms with E-state index in [9.17, 15) is 9.59 Å². The van der Waals surface area contributed by atoms with Crippen molar-refractivity contribution in [3.63, 3.8) is 0 Å². The minimum absolute atomic E-state index is 0.185. The van der Waals surface area contributed by atoms with Gasteiger partial charge >= 0.3 is 5.97 Å². The van der Waals surface area contributed by atoms with Crippen molar-refractivity contribution in [2.45, 2.75) is 9.59 Å². The Bertz CT molecular complexity index is 588. The highest BCUT2D eigenvalue weighted by Gasteiger charge is 2.22. The number of nitrogens with one attached hydrogen (secondary N) is 1. The Morgan fingerprint density at radius 3 is 2.76 bits per heavy atom. The molecule has 0 fully saturated rings. The van der Waals surface area contributed by atoms with E-state index in [2.05, 4.69) is 10.3 Å². The van der Waals surface area contributed by atoms with Crippen LogP contribution in [0.3, 0.4) is 0 Å². The summed E-state index contributed by atoms with van der Waals surface area (Å²) in [7, 11) is 1.33. The third kappa shape index (κ3) is 4.57. The summed E-state index contributed by atoms with van der Waals surface area (Å²) in [4.78, 5) is 27.9. The summed E-state index contributed by atoms with van der Waals surface area (Å²) in [5.41, 5.74) is 0.556. The molecular weight excluding hydrogens is 308 g/mol. The lowest BCUT2D eigenvalue weighted by atomic mass is 10.2. The van der Waals surface area contributed by atoms with Crippen molar-refractivity contribution < 1.29 is 14.3 Å². The molecule has 1 aromatic carbocycles. The highest BCUT2D eigenvalue weighted by Crippen LogP contribution is 2.25. The molecule has 0 saturated heterocycles. The fourth-order valence-corrected chi connectivity index (χ4v) is 3.39. The van der Waals surface area contributed by atoms with E-state index in [-0.39, 0.29) is 18.4 Å². The summed E-state index contributed by atoms with van der Waals surface area (Å²) < 4.78 is 5.53. The largest absolute Gasteiger partial charge is 0.468 e. The number of thioether (sulfide) groups is 1. The number of esters is 1. The standard InChI is InChI=1S/C14H14N2O3S2/c1-19-13(18)11(21-14-15-7-8-20-14)9-16-12(17)10-5-3-2-4-6-10/h2-8,11H,9H2,1H3,(H,16,17)/t11-/m1/s1. The second-order valence-corrected chi connectivity index (χ2v) is 6.35. The molecule has 1 aromatic heterocycles. The molecule has 7 heteroatoms. The number of methoxy groups -OCH3 is 1. The predicted octanol–water partition coefficient (Wildman–Crippen LogP) is 2.21. The van der Waals surface area contributed by atoms with E-state index in [0.717, 1.165) is 4.34 Å². The number of carbonyl (C=O) groups excluding carboxylic acids is 2. The lowest BCUT2D eigenvalue weighted by molar-refractivity contribution is -0.139. The molecule has 2 aromatic rings. The van der Waals surface area contributed by atoms with E-state index in [1.165, 1.54) is 30.2 Å². The van der Waals surface area contributed by atoms with Crippen molar-refractivity contribution in [2.75, 3.05) is 13.7 Å². The fraction of sp³-hybridized carbons (Fsp3) is 0.214. The van der Waals surface area contributed by atoms with Gasteiger partial charge in [-0.25, -0.2) is 4.98 Å². The molecule has 0 unspecified atom stereocenters. The average Bonchev–Trinajstić information content (AvgIpc) is 3.04. The van der Waals surface area contributed by atoms with Gasteiger partial charge in [0.15, 0.2) is 4.34 Å². The molecule has 1 heterocycles. The van der Waals surface area contributed by atoms with Crippen molar-refractivity contribution in [2.24, 2.45) is 0 Å². The van der Waals surface area contributed by atoms with Crippen LogP contribution in [-0.4, -0.2) is 35.8 Å². The molecule has 0 aliphatic carbocycles. The van der Waals surface area contributed by atoms with E-state index in [4.69, 9.17) is 4.74 Å². The van der Waals surface area contributed by atoms with Crippen molar-refractivity contribution >= 4 is 35.0 Å². The SMILES string of the molecule is COC(=O)[C@@H](CNC(=O)c1ccccc1)Sc1nccs1. The number of carbonyl (C=O) groups is 2. The zero-order chi connectivity index (χ0) is 15.1. The Balaban J connectivity index is 1.96. The van der Waals surface area contributed by atoms with Crippen LogP contribution in [0.2, 0.25) is 0 Å². The van der Waals surface area contributed by atoms with Gasteiger partial charge in [-0.3, -0.25) is 9.59 Å². The maximum Gasteiger partial charge on any atom is 0.321 e. The van der Waals surface area contributed by atoms with Crippen LogP contribution in [0.25, 0.3) is 0 Å². The molecule has 21 heavy (non-hydrogen) atoms. The summed E-state index contributed by atoms with van der Waals surface area (Å²) in [5.74, 6) is -0.604. The Morgan fingerprint density at radius 1 is 1.38 bits per heavy atom. The van der Waals surface area contributed by atoms with Gasteiger partial charge in [0.25, 0.3) is 5.91 Å². The van der Waals surface area contributed by atoms with E-state index in [0.29, 0.717) is 5.56 Å². The van der Waals surface area contributed by atoms with Crippen LogP contribution >= 0.6 is 23.1 Å². The van der Waals surface area contributed by atoms with Gasteiger partial charge in [0.1, 0.15) is 5.25 Å². The number of ether oxygens (including phenoxy) is 1. The minimum Gasteiger partial charge on any atom is -0.468 e. The zero-order valence-corrected chi connectivity index (χ0v) is 12.9. The summed E-state index contributed by atoms with van der Waals surface area (Å²) in [6.07, 6.45) is 1.67. The van der Waals surface area contributed by atoms with Gasteiger partial charge in [0.2, 0.25) is 0 Å². The average molecular weight is 322 g/mol. The second-order valence-electron chi connectivity index (χ2n) is 4.00. The lowest BCUT2D eigenvalue weighted by Crippen LogP contribution is -2.35. The Morgan fingerprint density at radius 2 is 2.14 bits per heavy atom. The topological polar surface area (TPSA) is 68.3 Å². The van der Waals surface area contributed by atoms with Crippen LogP contribution in [0.5, 0.6) is 0 Å². The molecule has 0 bridgehead atoms. The van der Waals surface area contributed by atoms with Gasteiger partial charge in [0, 0.05) is 23.7 Å². The molecule has 0 radical (unpaired) electrons. The number of hydrogen-bond acceptors (Lipinski definition) is 6. The van der Waals surface area contributed by atoms with Gasteiger partial charge in [-0.15, -0.1) is 11.3 Å². The van der Waals surface area contributed by atoms with Crippen molar-refractivity contribution in [3.05, 3.63) is 47.5 Å². The summed E-state index contributed by atoms with van der Waals surface area (Å²) in [6, 6.07) is 8.85. The lowest BCUT2D eigenvalue weighted by Gasteiger charge is -2.13. The predicted molar refractivity (Wildman–Crippen MR) is 82.6 cm³/mol. The monoisotopic (exact) mass is 322 g/mol. The molecule has 0 aliphatic heterocycles. The summed E-state index contributed by atoms with van der Waals surface area (Å²) in [6.45, 7) is 0.185. The van der Waals surface area contributed by atoms with Crippen LogP contribution in [0, 0.1) is 0 Å². The maximum absolute atomic E-state index is 12.0. The third-order valence-electron chi connectivity index (χ3n) is 2.60. The second kappa shape index (κ2) is 7.80. The Labute approximate surface area is 130 Å². The number of hydrogen-bond donors (Lipinski definition) is 1. The smallest absolute Gasteiger partial charge is 0.321 e. The van der Waals surface area contributed by atoms with E-state index < -0.39 is 5.25 Å². The van der Waals surface area contributed by atoms with Crippen molar-refractivity contribution in [1.29, 1.82) is 0 Å². The first-order valence-electron chi connectivity index (χ1n) is 6.18. The molecule has 1 amide bonds. The van der Waals surface area contributed by atoms with Crippen LogP contribution in [0.4, 0.5) is 0 Å². The molecule has 5 nitrogen and oxygen atoms in total. The van der Waals surface area contributed by atoms with E-state index in [1.807, 2.05) is 11.4 Å². The summed E-state index contributed by atoms with van der Waals surface area (Å²) in [5, 5.41) is 4.06. The zero-order valence-electron chi connectivity index (χ0n) is 11.3. The highest BCUT2D eigenvalue weighted by molar-refractivity contribution is 8.02. The number of thiazole rings is 1. The quantitative estimate of drug-likeness (QED) is 0.652. The first-order valence-corrected chi connectivity index (χ1v) is 7.94. The third-order valence-corrected chi connectivity index (χ3v) is 4.69. The molecule has 110 valence electrons. The Hall–Kier alpha value is -1.86. The first-order chi connectivity index (χ1) is 10.2. The maximum atomic E-state index is 12.0. The fourth-order valence-electron chi connectivity index (χ4n) is 1.57. The molecule has 2 rings (SSSR count). The van der Waals surface area contributed by atoms with E-state index >= 15 is 0 Å². The molecule has 0 spiro atoms. The van der Waals surface area contributed by atoms with Gasteiger partial charge in [0.05, 0.1) is 7.11 Å². The number of benzene rings is 1. The van der Waals surface area contributed by atoms with Crippen LogP contribution in [-0.2, 0) is 9.53 Å². The molecule has 0 aliphatic rings. The summed E-state index contributed by atoms with van der Waals surface area (Å²) >= 11 is 2.72. The molecule has 1 atom stereocenters. The highest BCUT2D eigenvalue weighted by atomic mass is 32.2. The van der Waals surface area contributed by atoms with Gasteiger partial charge in [-0.05, 0) is 12.1 Å². The van der Waals surface area contributed by atoms with Gasteiger partial charge in [-0.2, -0.15) is 0 Å². The molecular formula is C14H14N2O3S2. The number of nitrogens with zero attached hydrogens (tertiary/aromatic N) is 1. The number of amides is 1. The first kappa shape index (κ1) is 15.5. The van der Waals surface area contributed by atoms with Crippen molar-refractivity contribution in [1.82, 2.24) is 10.3 Å². The van der Waals surface area contributed by atoms with Gasteiger partial charge < -0.3 is 10.1 Å².